The number of hydrogen-bond acceptors (Lipinski definition) is 6. The Kier molecular flexibility index (Phi) is 2.07. The molecule has 9 nitrogen and oxygen atoms in total. The molecule has 0 atom stereocenters. The van der Waals surface area contributed by atoms with Gasteiger partial charge in [0.05, 0.1) is 0 Å². The summed E-state index contributed by atoms with van der Waals surface area (Å²) < 4.78 is 15.6. The molecule has 0 saturated heterocycles. The van der Waals surface area contributed by atoms with Crippen molar-refractivity contribution in [2.45, 2.75) is 0 Å². The van der Waals surface area contributed by atoms with E-state index >= 15 is 0 Å². The molecule has 2 rings (SSSR count). The third-order valence-corrected chi connectivity index (χ3v) is 1.91. The van der Waals surface area contributed by atoms with Gasteiger partial charge in [-0.2, -0.15) is 0 Å². The monoisotopic (exact) mass is 231 g/mol. The summed E-state index contributed by atoms with van der Waals surface area (Å²) in [4.78, 5) is 28.3. The molecule has 2 aromatic rings. The first-order chi connectivity index (χ1) is 6.97. The number of rotatable bonds is 2. The van der Waals surface area contributed by atoms with Gasteiger partial charge in [0, 0.05) is 0 Å². The molecule has 0 aromatic carbocycles. The third kappa shape index (κ3) is 1.89. The Balaban J connectivity index is 2.55. The predicted octanol–water partition coefficient (Wildman–Crippen LogP) is -1.07. The lowest BCUT2D eigenvalue weighted by atomic mass is 10.5. The number of phosphoric acid groups is 1. The molecule has 0 fully saturated rings. The van der Waals surface area contributed by atoms with Gasteiger partial charge in [-0.05, 0) is 0 Å². The quantitative estimate of drug-likeness (QED) is 0.555. The fraction of sp³-hybridized carbons (Fsp3) is 0. The molecule has 0 radical (unpaired) electrons. The van der Waals surface area contributed by atoms with Crippen LogP contribution in [-0.4, -0.2) is 29.5 Å². The minimum atomic E-state index is -4.65. The lowest BCUT2D eigenvalue weighted by Gasteiger charge is -2.05. The first-order valence-electron chi connectivity index (χ1n) is 3.66. The van der Waals surface area contributed by atoms with Gasteiger partial charge >= 0.3 is 7.82 Å². The fourth-order valence-electron chi connectivity index (χ4n) is 1.01. The summed E-state index contributed by atoms with van der Waals surface area (Å²) in [5, 5.41) is 0. The Morgan fingerprint density at radius 2 is 2.13 bits per heavy atom. The van der Waals surface area contributed by atoms with Crippen LogP contribution < -0.4 is 10.4 Å². The third-order valence-electron chi connectivity index (χ3n) is 1.53. The van der Waals surface area contributed by atoms with Crippen molar-refractivity contribution >= 4 is 24.8 Å². The Hall–Kier alpha value is -1.70. The molecule has 15 heavy (non-hydrogen) atoms. The lowest BCUT2D eigenvalue weighted by Crippen LogP contribution is -2.07. The standard InChI is InChI=1S/C5H6N5O4P/c6-4-3-5(8-1-7-4)10(2-9-3)14-15(11,12)13/h1-2H,(H2,6,7,8)(H2,11,12,13). The number of imidazole rings is 1. The van der Waals surface area contributed by atoms with Crippen LogP contribution in [0.3, 0.4) is 0 Å². The number of fused-ring (bicyclic) bond motifs is 1. The maximum atomic E-state index is 10.6. The number of aromatic nitrogens is 4. The van der Waals surface area contributed by atoms with E-state index in [9.17, 15) is 4.57 Å². The molecular weight excluding hydrogens is 225 g/mol. The second kappa shape index (κ2) is 3.16. The molecule has 2 heterocycles. The summed E-state index contributed by atoms with van der Waals surface area (Å²) in [6, 6.07) is 0. The van der Waals surface area contributed by atoms with Gasteiger partial charge in [-0.25, -0.2) is 19.5 Å². The van der Waals surface area contributed by atoms with E-state index in [1.54, 1.807) is 0 Å². The highest BCUT2D eigenvalue weighted by molar-refractivity contribution is 7.46. The zero-order valence-electron chi connectivity index (χ0n) is 7.18. The predicted molar refractivity (Wildman–Crippen MR) is 48.4 cm³/mol. The SMILES string of the molecule is Nc1ncnc2c1ncn2OP(=O)(O)O. The van der Waals surface area contributed by atoms with Gasteiger partial charge in [0.15, 0.2) is 11.3 Å². The number of nitrogen functional groups attached to an aromatic ring is 1. The molecule has 2 aromatic heterocycles. The molecule has 0 amide bonds. The minimum Gasteiger partial charge on any atom is -0.382 e. The minimum absolute atomic E-state index is 0.0887. The van der Waals surface area contributed by atoms with Crippen LogP contribution in [0.4, 0.5) is 5.82 Å². The molecule has 0 spiro atoms. The average Bonchev–Trinajstić information content (AvgIpc) is 2.48. The van der Waals surface area contributed by atoms with Gasteiger partial charge in [-0.3, -0.25) is 9.79 Å². The van der Waals surface area contributed by atoms with E-state index in [4.69, 9.17) is 15.5 Å². The molecule has 0 bridgehead atoms. The highest BCUT2D eigenvalue weighted by atomic mass is 31.2. The van der Waals surface area contributed by atoms with E-state index in [0.717, 1.165) is 17.4 Å². The summed E-state index contributed by atoms with van der Waals surface area (Å²) in [7, 11) is -4.65. The van der Waals surface area contributed by atoms with Crippen LogP contribution >= 0.6 is 7.82 Å². The van der Waals surface area contributed by atoms with Crippen LogP contribution in [0, 0.1) is 0 Å². The maximum Gasteiger partial charge on any atom is 0.543 e. The molecule has 10 heteroatoms. The number of nitrogens with two attached hydrogens (primary N) is 1. The van der Waals surface area contributed by atoms with Crippen molar-refractivity contribution in [1.29, 1.82) is 0 Å². The Morgan fingerprint density at radius 1 is 1.40 bits per heavy atom. The molecule has 0 unspecified atom stereocenters. The first-order valence-corrected chi connectivity index (χ1v) is 5.19. The van der Waals surface area contributed by atoms with Crippen LogP contribution in [-0.2, 0) is 4.57 Å². The Bertz CT molecular complexity index is 547. The molecule has 4 N–H and O–H groups in total. The number of hydrogen-bond donors (Lipinski definition) is 3. The van der Waals surface area contributed by atoms with Gasteiger partial charge in [0.25, 0.3) is 0 Å². The van der Waals surface area contributed by atoms with Crippen molar-refractivity contribution in [3.63, 3.8) is 0 Å². The summed E-state index contributed by atoms with van der Waals surface area (Å²) in [5.41, 5.74) is 5.76. The van der Waals surface area contributed by atoms with Crippen molar-refractivity contribution < 1.29 is 19.0 Å². The summed E-state index contributed by atoms with van der Waals surface area (Å²) in [6.07, 6.45) is 2.19. The zero-order valence-corrected chi connectivity index (χ0v) is 8.07. The van der Waals surface area contributed by atoms with E-state index in [1.165, 1.54) is 0 Å². The van der Waals surface area contributed by atoms with Gasteiger partial charge in [-0.1, -0.05) is 0 Å². The van der Waals surface area contributed by atoms with Crippen LogP contribution in [0.25, 0.3) is 11.2 Å². The van der Waals surface area contributed by atoms with E-state index in [0.29, 0.717) is 0 Å². The van der Waals surface area contributed by atoms with Gasteiger partial charge in [0.1, 0.15) is 12.7 Å². The van der Waals surface area contributed by atoms with Gasteiger partial charge < -0.3 is 10.4 Å². The largest absolute Gasteiger partial charge is 0.543 e. The van der Waals surface area contributed by atoms with E-state index < -0.39 is 7.82 Å². The second-order valence-corrected chi connectivity index (χ2v) is 3.72. The number of nitrogens with zero attached hydrogens (tertiary/aromatic N) is 4. The van der Waals surface area contributed by atoms with Crippen LogP contribution in [0.1, 0.15) is 0 Å². The second-order valence-electron chi connectivity index (χ2n) is 2.57. The first kappa shape index (κ1) is 9.84. The lowest BCUT2D eigenvalue weighted by molar-refractivity contribution is 0.183. The van der Waals surface area contributed by atoms with Crippen molar-refractivity contribution in [3.05, 3.63) is 12.7 Å². The topological polar surface area (TPSA) is 136 Å². The van der Waals surface area contributed by atoms with E-state index in [1.807, 2.05) is 0 Å². The van der Waals surface area contributed by atoms with Crippen molar-refractivity contribution in [2.75, 3.05) is 5.73 Å². The van der Waals surface area contributed by atoms with Gasteiger partial charge in [0.2, 0.25) is 5.65 Å². The van der Waals surface area contributed by atoms with E-state index in [-0.39, 0.29) is 17.0 Å². The Morgan fingerprint density at radius 3 is 2.80 bits per heavy atom. The summed E-state index contributed by atoms with van der Waals surface area (Å²) in [5.74, 6) is 0.105. The normalized spacial score (nSPS) is 11.9. The van der Waals surface area contributed by atoms with Crippen molar-refractivity contribution in [2.24, 2.45) is 0 Å². The smallest absolute Gasteiger partial charge is 0.382 e. The van der Waals surface area contributed by atoms with Gasteiger partial charge in [-0.15, -0.1) is 4.73 Å². The molecule has 0 aliphatic heterocycles. The van der Waals surface area contributed by atoms with Crippen molar-refractivity contribution in [3.8, 4) is 0 Å². The summed E-state index contributed by atoms with van der Waals surface area (Å²) >= 11 is 0. The molecule has 0 aliphatic rings. The average molecular weight is 231 g/mol. The van der Waals surface area contributed by atoms with E-state index in [2.05, 4.69) is 19.6 Å². The van der Waals surface area contributed by atoms with Crippen molar-refractivity contribution in [1.82, 2.24) is 19.7 Å². The highest BCUT2D eigenvalue weighted by Crippen LogP contribution is 2.32. The molecule has 0 saturated carbocycles. The maximum absolute atomic E-state index is 10.6. The van der Waals surface area contributed by atoms with Crippen LogP contribution in [0.2, 0.25) is 0 Å². The van der Waals surface area contributed by atoms with Crippen LogP contribution in [0.15, 0.2) is 12.7 Å². The fourth-order valence-corrected chi connectivity index (χ4v) is 1.36. The highest BCUT2D eigenvalue weighted by Gasteiger charge is 2.19. The number of anilines is 1. The molecule has 80 valence electrons. The zero-order chi connectivity index (χ0) is 11.1. The Labute approximate surface area is 82.7 Å². The summed E-state index contributed by atoms with van der Waals surface area (Å²) in [6.45, 7) is 0. The molecular formula is C5H6N5O4P. The molecule has 0 aliphatic carbocycles. The van der Waals surface area contributed by atoms with Crippen LogP contribution in [0.5, 0.6) is 0 Å².